The molecule has 5 heteroatoms. The van der Waals surface area contributed by atoms with Gasteiger partial charge in [0.05, 0.1) is 0 Å². The average molecular weight is 213 g/mol. The summed E-state index contributed by atoms with van der Waals surface area (Å²) in [6, 6.07) is 11.0. The van der Waals surface area contributed by atoms with Crippen LogP contribution in [0.2, 0.25) is 0 Å². The molecule has 0 aliphatic carbocycles. The molecule has 0 saturated heterocycles. The van der Waals surface area contributed by atoms with Gasteiger partial charge in [-0.25, -0.2) is 4.79 Å². The lowest BCUT2D eigenvalue weighted by Crippen LogP contribution is -2.22. The van der Waals surface area contributed by atoms with Crippen molar-refractivity contribution in [3.05, 3.63) is 46.9 Å². The Kier molecular flexibility index (Phi) is 1.67. The van der Waals surface area contributed by atoms with Gasteiger partial charge in [-0.2, -0.15) is 0 Å². The molecular weight excluding hydrogens is 206 g/mol. The molecule has 0 atom stereocenters. The zero-order valence-electron chi connectivity index (χ0n) is 8.16. The van der Waals surface area contributed by atoms with Crippen LogP contribution in [0.4, 0.5) is 0 Å². The Labute approximate surface area is 89.5 Å². The molecule has 3 rings (SSSR count). The van der Waals surface area contributed by atoms with E-state index >= 15 is 0 Å². The number of hydrogen-bond donors (Lipinski definition) is 1. The van der Waals surface area contributed by atoms with Gasteiger partial charge in [0, 0.05) is 5.39 Å². The first-order valence-electron chi connectivity index (χ1n) is 4.74. The van der Waals surface area contributed by atoms with E-state index in [2.05, 4.69) is 10.2 Å². The molecule has 0 radical (unpaired) electrons. The SMILES string of the molecule is O=c1nnc2ccc3ccccc3c2n1O. The Morgan fingerprint density at radius 2 is 1.88 bits per heavy atom. The summed E-state index contributed by atoms with van der Waals surface area (Å²) in [5.74, 6) is 0. The van der Waals surface area contributed by atoms with Crippen LogP contribution in [-0.4, -0.2) is 20.1 Å². The molecular formula is C11H7N3O2. The maximum absolute atomic E-state index is 11.2. The Morgan fingerprint density at radius 3 is 2.75 bits per heavy atom. The summed E-state index contributed by atoms with van der Waals surface area (Å²) in [6.07, 6.45) is 0. The van der Waals surface area contributed by atoms with E-state index in [9.17, 15) is 10.0 Å². The van der Waals surface area contributed by atoms with Gasteiger partial charge in [-0.1, -0.05) is 35.4 Å². The van der Waals surface area contributed by atoms with Crippen LogP contribution in [0.1, 0.15) is 0 Å². The first-order chi connectivity index (χ1) is 7.77. The van der Waals surface area contributed by atoms with Crippen molar-refractivity contribution in [3.63, 3.8) is 0 Å². The highest BCUT2D eigenvalue weighted by Crippen LogP contribution is 2.21. The van der Waals surface area contributed by atoms with Gasteiger partial charge in [0.25, 0.3) is 0 Å². The van der Waals surface area contributed by atoms with Crippen LogP contribution in [0.3, 0.4) is 0 Å². The zero-order chi connectivity index (χ0) is 11.1. The first-order valence-corrected chi connectivity index (χ1v) is 4.74. The maximum Gasteiger partial charge on any atom is 0.399 e. The van der Waals surface area contributed by atoms with Crippen LogP contribution in [0.15, 0.2) is 41.2 Å². The number of aromatic nitrogens is 3. The second-order valence-electron chi connectivity index (χ2n) is 3.45. The van der Waals surface area contributed by atoms with Crippen LogP contribution in [0.25, 0.3) is 21.8 Å². The summed E-state index contributed by atoms with van der Waals surface area (Å²) in [7, 11) is 0. The fourth-order valence-electron chi connectivity index (χ4n) is 1.78. The van der Waals surface area contributed by atoms with Crippen molar-refractivity contribution in [2.75, 3.05) is 0 Å². The highest BCUT2D eigenvalue weighted by atomic mass is 16.5. The smallest absolute Gasteiger partial charge is 0.399 e. The molecule has 78 valence electrons. The maximum atomic E-state index is 11.2. The second-order valence-corrected chi connectivity index (χ2v) is 3.45. The number of benzene rings is 2. The van der Waals surface area contributed by atoms with Crippen molar-refractivity contribution in [1.82, 2.24) is 14.9 Å². The highest BCUT2D eigenvalue weighted by molar-refractivity contribution is 6.03. The molecule has 0 bridgehead atoms. The minimum atomic E-state index is -0.774. The normalized spacial score (nSPS) is 11.0. The van der Waals surface area contributed by atoms with E-state index in [1.165, 1.54) is 0 Å². The van der Waals surface area contributed by atoms with Gasteiger partial charge >= 0.3 is 5.69 Å². The Morgan fingerprint density at radius 1 is 1.06 bits per heavy atom. The highest BCUT2D eigenvalue weighted by Gasteiger charge is 2.07. The Balaban J connectivity index is 2.68. The molecule has 1 heterocycles. The predicted octanol–water partition coefficient (Wildman–Crippen LogP) is 1.18. The molecule has 1 aromatic heterocycles. The minimum Gasteiger partial charge on any atom is -0.423 e. The van der Waals surface area contributed by atoms with E-state index in [0.29, 0.717) is 15.8 Å². The molecule has 0 saturated carbocycles. The topological polar surface area (TPSA) is 68.0 Å². The molecule has 0 aliphatic rings. The van der Waals surface area contributed by atoms with Crippen LogP contribution >= 0.6 is 0 Å². The number of rotatable bonds is 0. The summed E-state index contributed by atoms with van der Waals surface area (Å²) in [4.78, 5) is 11.2. The molecule has 0 spiro atoms. The summed E-state index contributed by atoms with van der Waals surface area (Å²) < 4.78 is 0.532. The van der Waals surface area contributed by atoms with Crippen molar-refractivity contribution in [1.29, 1.82) is 0 Å². The zero-order valence-corrected chi connectivity index (χ0v) is 8.16. The Bertz CT molecular complexity index is 749. The summed E-state index contributed by atoms with van der Waals surface area (Å²) in [5, 5.41) is 18.4. The lowest BCUT2D eigenvalue weighted by Gasteiger charge is -2.04. The molecule has 0 unspecified atom stereocenters. The number of nitrogens with zero attached hydrogens (tertiary/aromatic N) is 3. The molecule has 0 fully saturated rings. The summed E-state index contributed by atoms with van der Waals surface area (Å²) in [6.45, 7) is 0. The first kappa shape index (κ1) is 8.84. The second kappa shape index (κ2) is 3.03. The van der Waals surface area contributed by atoms with Crippen molar-refractivity contribution in [3.8, 4) is 0 Å². The van der Waals surface area contributed by atoms with Gasteiger partial charge in [-0.15, -0.1) is 9.83 Å². The van der Waals surface area contributed by atoms with Crippen molar-refractivity contribution < 1.29 is 5.21 Å². The third kappa shape index (κ3) is 1.08. The minimum absolute atomic E-state index is 0.387. The largest absolute Gasteiger partial charge is 0.423 e. The molecule has 2 aromatic carbocycles. The Hall–Kier alpha value is -2.43. The third-order valence-electron chi connectivity index (χ3n) is 2.52. The lowest BCUT2D eigenvalue weighted by molar-refractivity contribution is 0.183. The van der Waals surface area contributed by atoms with Crippen molar-refractivity contribution >= 4 is 21.8 Å². The van der Waals surface area contributed by atoms with Gasteiger partial charge in [0.2, 0.25) is 0 Å². The average Bonchev–Trinajstić information content (AvgIpc) is 2.33. The fourth-order valence-corrected chi connectivity index (χ4v) is 1.78. The molecule has 1 N–H and O–H groups in total. The van der Waals surface area contributed by atoms with E-state index in [1.807, 2.05) is 30.3 Å². The van der Waals surface area contributed by atoms with Gasteiger partial charge < -0.3 is 5.21 Å². The van der Waals surface area contributed by atoms with Crippen LogP contribution in [-0.2, 0) is 0 Å². The monoisotopic (exact) mass is 213 g/mol. The van der Waals surface area contributed by atoms with Crippen molar-refractivity contribution in [2.24, 2.45) is 0 Å². The van der Waals surface area contributed by atoms with Gasteiger partial charge in [0.15, 0.2) is 0 Å². The quantitative estimate of drug-likeness (QED) is 0.449. The number of hydrogen-bond acceptors (Lipinski definition) is 4. The van der Waals surface area contributed by atoms with Gasteiger partial charge in [-0.05, 0) is 11.5 Å². The molecule has 0 amide bonds. The molecule has 3 aromatic rings. The van der Waals surface area contributed by atoms with E-state index in [-0.39, 0.29) is 0 Å². The van der Waals surface area contributed by atoms with Crippen LogP contribution in [0, 0.1) is 0 Å². The van der Waals surface area contributed by atoms with Gasteiger partial charge in [-0.3, -0.25) is 0 Å². The summed E-state index contributed by atoms with van der Waals surface area (Å²) in [5.41, 5.74) is 0.0998. The van der Waals surface area contributed by atoms with Gasteiger partial charge in [0.1, 0.15) is 11.0 Å². The third-order valence-corrected chi connectivity index (χ3v) is 2.52. The lowest BCUT2D eigenvalue weighted by atomic mass is 10.1. The molecule has 5 nitrogen and oxygen atoms in total. The van der Waals surface area contributed by atoms with Crippen molar-refractivity contribution in [2.45, 2.75) is 0 Å². The van der Waals surface area contributed by atoms with E-state index < -0.39 is 5.69 Å². The number of fused-ring (bicyclic) bond motifs is 3. The van der Waals surface area contributed by atoms with E-state index in [4.69, 9.17) is 0 Å². The van der Waals surface area contributed by atoms with E-state index in [1.54, 1.807) is 6.07 Å². The predicted molar refractivity (Wildman–Crippen MR) is 58.5 cm³/mol. The van der Waals surface area contributed by atoms with Crippen LogP contribution < -0.4 is 5.69 Å². The van der Waals surface area contributed by atoms with E-state index in [0.717, 1.165) is 10.8 Å². The fraction of sp³-hybridized carbons (Fsp3) is 0. The summed E-state index contributed by atoms with van der Waals surface area (Å²) >= 11 is 0. The standard InChI is InChI=1S/C11H7N3O2/c15-11-13-12-9-6-5-7-3-1-2-4-8(7)10(9)14(11)16/h1-6,16H. The van der Waals surface area contributed by atoms with Crippen LogP contribution in [0.5, 0.6) is 0 Å². The molecule has 0 aliphatic heterocycles. The molecule has 16 heavy (non-hydrogen) atoms.